The molecule has 1 aromatic rings. The molecule has 1 aromatic heterocycles. The Hall–Kier alpha value is -1.85. The number of amides is 2. The number of rotatable bonds is 3. The Bertz CT molecular complexity index is 514. The van der Waals surface area contributed by atoms with E-state index in [4.69, 9.17) is 5.73 Å². The van der Waals surface area contributed by atoms with E-state index in [9.17, 15) is 4.79 Å². The lowest BCUT2D eigenvalue weighted by Crippen LogP contribution is -2.36. The number of imidazole rings is 1. The number of amidine groups is 1. The molecule has 0 spiro atoms. The second-order valence-electron chi connectivity index (χ2n) is 5.18. The number of aromatic nitrogens is 2. The van der Waals surface area contributed by atoms with Gasteiger partial charge in [0.05, 0.1) is 18.2 Å². The molecule has 2 heterocycles. The predicted octanol–water partition coefficient (Wildman–Crippen LogP) is 1.46. The zero-order valence-corrected chi connectivity index (χ0v) is 10.6. The summed E-state index contributed by atoms with van der Waals surface area (Å²) in [6.45, 7) is 4.16. The Morgan fingerprint density at radius 3 is 2.78 bits per heavy atom. The van der Waals surface area contributed by atoms with Crippen molar-refractivity contribution in [2.45, 2.75) is 44.8 Å². The van der Waals surface area contributed by atoms with Gasteiger partial charge in [0.2, 0.25) is 0 Å². The molecular formula is C12H17N5O. The first-order valence-corrected chi connectivity index (χ1v) is 6.27. The molecule has 1 fully saturated rings. The average molecular weight is 247 g/mol. The summed E-state index contributed by atoms with van der Waals surface area (Å²) in [6, 6.07) is 0.126. The number of carbonyl (C=O) groups excluding carboxylic acids is 1. The van der Waals surface area contributed by atoms with Gasteiger partial charge >= 0.3 is 6.03 Å². The van der Waals surface area contributed by atoms with Crippen molar-refractivity contribution in [2.24, 2.45) is 10.7 Å². The molecule has 2 N–H and O–H groups in total. The monoisotopic (exact) mass is 247 g/mol. The highest BCUT2D eigenvalue weighted by molar-refractivity contribution is 6.03. The fourth-order valence-corrected chi connectivity index (χ4v) is 2.45. The van der Waals surface area contributed by atoms with Crippen LogP contribution in [0.1, 0.15) is 44.5 Å². The number of hydrogen-bond acceptors (Lipinski definition) is 3. The molecule has 1 unspecified atom stereocenters. The lowest BCUT2D eigenvalue weighted by atomic mass is 10.1. The number of urea groups is 1. The molecule has 3 rings (SSSR count). The maximum absolute atomic E-state index is 11.9. The largest absolute Gasteiger partial charge is 0.385 e. The normalized spacial score (nSPS) is 23.9. The maximum atomic E-state index is 11.9. The highest BCUT2D eigenvalue weighted by atomic mass is 16.2. The van der Waals surface area contributed by atoms with Crippen LogP contribution in [0.4, 0.5) is 4.79 Å². The van der Waals surface area contributed by atoms with Gasteiger partial charge in [-0.15, -0.1) is 0 Å². The zero-order valence-electron chi connectivity index (χ0n) is 10.6. The van der Waals surface area contributed by atoms with Gasteiger partial charge in [-0.25, -0.2) is 9.78 Å². The van der Waals surface area contributed by atoms with Crippen molar-refractivity contribution in [2.75, 3.05) is 0 Å². The molecule has 1 saturated carbocycles. The van der Waals surface area contributed by atoms with E-state index in [-0.39, 0.29) is 18.1 Å². The van der Waals surface area contributed by atoms with Crippen molar-refractivity contribution >= 4 is 11.9 Å². The van der Waals surface area contributed by atoms with Crippen LogP contribution < -0.4 is 5.73 Å². The Morgan fingerprint density at radius 1 is 1.44 bits per heavy atom. The van der Waals surface area contributed by atoms with E-state index in [1.54, 1.807) is 17.4 Å². The van der Waals surface area contributed by atoms with E-state index < -0.39 is 0 Å². The minimum Gasteiger partial charge on any atom is -0.385 e. The van der Waals surface area contributed by atoms with Gasteiger partial charge in [-0.05, 0) is 26.7 Å². The fourth-order valence-electron chi connectivity index (χ4n) is 2.45. The van der Waals surface area contributed by atoms with E-state index in [0.717, 1.165) is 18.5 Å². The summed E-state index contributed by atoms with van der Waals surface area (Å²) in [7, 11) is 0. The lowest BCUT2D eigenvalue weighted by molar-refractivity contribution is 0.201. The summed E-state index contributed by atoms with van der Waals surface area (Å²) in [4.78, 5) is 21.8. The molecule has 18 heavy (non-hydrogen) atoms. The Balaban J connectivity index is 2.00. The Kier molecular flexibility index (Phi) is 2.39. The number of carbonyl (C=O) groups is 1. The second-order valence-corrected chi connectivity index (χ2v) is 5.18. The van der Waals surface area contributed by atoms with Crippen LogP contribution >= 0.6 is 0 Å². The van der Waals surface area contributed by atoms with Crippen molar-refractivity contribution in [3.63, 3.8) is 0 Å². The lowest BCUT2D eigenvalue weighted by Gasteiger charge is -2.25. The van der Waals surface area contributed by atoms with Crippen molar-refractivity contribution in [3.05, 3.63) is 18.2 Å². The van der Waals surface area contributed by atoms with Gasteiger partial charge in [0.25, 0.3) is 0 Å². The van der Waals surface area contributed by atoms with Crippen LogP contribution in [0.25, 0.3) is 0 Å². The molecule has 0 radical (unpaired) electrons. The van der Waals surface area contributed by atoms with E-state index in [2.05, 4.69) is 23.8 Å². The minimum atomic E-state index is -0.241. The first-order valence-electron chi connectivity index (χ1n) is 6.27. The Morgan fingerprint density at radius 2 is 2.17 bits per heavy atom. The molecule has 6 nitrogen and oxygen atoms in total. The maximum Gasteiger partial charge on any atom is 0.346 e. The van der Waals surface area contributed by atoms with Crippen molar-refractivity contribution in [1.29, 1.82) is 0 Å². The van der Waals surface area contributed by atoms with Gasteiger partial charge in [0.15, 0.2) is 0 Å². The van der Waals surface area contributed by atoms with Crippen LogP contribution in [0.2, 0.25) is 0 Å². The van der Waals surface area contributed by atoms with Crippen LogP contribution in [0.15, 0.2) is 17.5 Å². The molecule has 1 aliphatic heterocycles. The molecule has 0 bridgehead atoms. The van der Waals surface area contributed by atoms with Gasteiger partial charge in [-0.2, -0.15) is 4.99 Å². The van der Waals surface area contributed by atoms with Crippen LogP contribution in [0, 0.1) is 0 Å². The van der Waals surface area contributed by atoms with E-state index in [1.807, 2.05) is 4.57 Å². The number of nitrogens with two attached hydrogens (primary N) is 1. The smallest absolute Gasteiger partial charge is 0.346 e. The molecule has 2 aliphatic rings. The molecule has 2 amide bonds. The van der Waals surface area contributed by atoms with Gasteiger partial charge in [-0.1, -0.05) is 0 Å². The summed E-state index contributed by atoms with van der Waals surface area (Å²) in [5.74, 6) is 0.384. The summed E-state index contributed by atoms with van der Waals surface area (Å²) < 4.78 is 2.04. The quantitative estimate of drug-likeness (QED) is 0.878. The minimum absolute atomic E-state index is 0.212. The van der Waals surface area contributed by atoms with Crippen LogP contribution in [-0.4, -0.2) is 32.4 Å². The van der Waals surface area contributed by atoms with E-state index in [0.29, 0.717) is 11.9 Å². The molecule has 1 aliphatic carbocycles. The topological polar surface area (TPSA) is 76.5 Å². The van der Waals surface area contributed by atoms with Crippen LogP contribution in [-0.2, 0) is 0 Å². The van der Waals surface area contributed by atoms with Gasteiger partial charge in [0.1, 0.15) is 11.9 Å². The molecule has 0 saturated heterocycles. The number of hydrogen-bond donors (Lipinski definition) is 1. The molecule has 1 atom stereocenters. The number of nitrogens with zero attached hydrogens (tertiary/aromatic N) is 4. The third kappa shape index (κ3) is 1.60. The average Bonchev–Trinajstić information content (AvgIpc) is 2.92. The van der Waals surface area contributed by atoms with Crippen molar-refractivity contribution in [3.8, 4) is 0 Å². The third-order valence-electron chi connectivity index (χ3n) is 3.48. The highest BCUT2D eigenvalue weighted by Gasteiger charge is 2.44. The SMILES string of the molecule is CC(C)n1cncc1C1C(N)=NC(=O)N1C1CC1. The highest BCUT2D eigenvalue weighted by Crippen LogP contribution is 2.38. The summed E-state index contributed by atoms with van der Waals surface area (Å²) in [6.07, 6.45) is 5.64. The van der Waals surface area contributed by atoms with E-state index >= 15 is 0 Å². The standard InChI is InChI=1S/C12H17N5O/c1-7(2)16-6-14-5-9(16)10-11(13)15-12(18)17(10)8-3-4-8/h5-8,10H,3-4H2,1-2H3,(H2,13,15,18). The molecule has 0 aromatic carbocycles. The van der Waals surface area contributed by atoms with Crippen molar-refractivity contribution < 1.29 is 4.79 Å². The first-order chi connectivity index (χ1) is 8.59. The predicted molar refractivity (Wildman–Crippen MR) is 67.2 cm³/mol. The van der Waals surface area contributed by atoms with Crippen LogP contribution in [0.3, 0.4) is 0 Å². The zero-order chi connectivity index (χ0) is 12.9. The summed E-state index contributed by atoms with van der Waals surface area (Å²) in [5, 5.41) is 0. The third-order valence-corrected chi connectivity index (χ3v) is 3.48. The van der Waals surface area contributed by atoms with Crippen molar-refractivity contribution in [1.82, 2.24) is 14.5 Å². The first kappa shape index (κ1) is 11.3. The fraction of sp³-hybridized carbons (Fsp3) is 0.583. The number of aliphatic imine (C=N–C) groups is 1. The molecule has 96 valence electrons. The molecule has 6 heteroatoms. The molecular weight excluding hydrogens is 230 g/mol. The van der Waals surface area contributed by atoms with Gasteiger partial charge in [-0.3, -0.25) is 0 Å². The van der Waals surface area contributed by atoms with E-state index in [1.165, 1.54) is 0 Å². The van der Waals surface area contributed by atoms with Gasteiger partial charge in [0, 0.05) is 12.1 Å². The second kappa shape index (κ2) is 3.83. The summed E-state index contributed by atoms with van der Waals surface area (Å²) >= 11 is 0. The Labute approximate surface area is 105 Å². The summed E-state index contributed by atoms with van der Waals surface area (Å²) in [5.41, 5.74) is 6.88. The van der Waals surface area contributed by atoms with Gasteiger partial charge < -0.3 is 15.2 Å². The van der Waals surface area contributed by atoms with Crippen LogP contribution in [0.5, 0.6) is 0 Å².